The van der Waals surface area contributed by atoms with E-state index in [-0.39, 0.29) is 11.9 Å². The first kappa shape index (κ1) is 10.8. The molecule has 0 aliphatic carbocycles. The second-order valence-electron chi connectivity index (χ2n) is 3.50. The highest BCUT2D eigenvalue weighted by atomic mass is 16.4. The molecular weight excluding hydrogens is 184 g/mol. The first-order chi connectivity index (χ1) is 6.65. The van der Waals surface area contributed by atoms with Crippen LogP contribution in [0.1, 0.15) is 19.8 Å². The van der Waals surface area contributed by atoms with E-state index in [2.05, 4.69) is 5.32 Å². The number of carboxylic acids is 1. The molecule has 0 saturated carbocycles. The molecule has 1 heterocycles. The number of urea groups is 1. The maximum absolute atomic E-state index is 11.4. The Kier molecular flexibility index (Phi) is 3.73. The van der Waals surface area contributed by atoms with Gasteiger partial charge in [-0.1, -0.05) is 6.92 Å². The molecule has 2 amide bonds. The fourth-order valence-corrected chi connectivity index (χ4v) is 1.49. The SMILES string of the molecule is CCCNC(=O)N1CCC(C(=O)O)C1. The highest BCUT2D eigenvalue weighted by Gasteiger charge is 2.30. The molecular formula is C9H16N2O3. The molecule has 1 aliphatic rings. The Morgan fingerprint density at radius 3 is 2.79 bits per heavy atom. The Morgan fingerprint density at radius 2 is 2.29 bits per heavy atom. The summed E-state index contributed by atoms with van der Waals surface area (Å²) in [5.41, 5.74) is 0. The first-order valence-corrected chi connectivity index (χ1v) is 4.90. The van der Waals surface area contributed by atoms with E-state index in [1.807, 2.05) is 6.92 Å². The third kappa shape index (κ3) is 2.61. The molecule has 2 N–H and O–H groups in total. The summed E-state index contributed by atoms with van der Waals surface area (Å²) >= 11 is 0. The first-order valence-electron chi connectivity index (χ1n) is 4.90. The lowest BCUT2D eigenvalue weighted by Crippen LogP contribution is -2.39. The molecule has 80 valence electrons. The summed E-state index contributed by atoms with van der Waals surface area (Å²) in [6, 6.07) is -0.143. The van der Waals surface area contributed by atoms with Crippen molar-refractivity contribution in [3.63, 3.8) is 0 Å². The minimum absolute atomic E-state index is 0.143. The molecule has 0 aromatic heterocycles. The fraction of sp³-hybridized carbons (Fsp3) is 0.778. The van der Waals surface area contributed by atoms with E-state index in [0.29, 0.717) is 26.1 Å². The van der Waals surface area contributed by atoms with Crippen molar-refractivity contribution in [1.82, 2.24) is 10.2 Å². The summed E-state index contributed by atoms with van der Waals surface area (Å²) in [5.74, 6) is -1.20. The number of hydrogen-bond acceptors (Lipinski definition) is 2. The van der Waals surface area contributed by atoms with Crippen LogP contribution in [0.3, 0.4) is 0 Å². The summed E-state index contributed by atoms with van der Waals surface area (Å²) in [7, 11) is 0. The molecule has 0 aromatic carbocycles. The number of aliphatic carboxylic acids is 1. The molecule has 1 atom stereocenters. The van der Waals surface area contributed by atoms with Crippen molar-refractivity contribution in [3.05, 3.63) is 0 Å². The highest BCUT2D eigenvalue weighted by molar-refractivity contribution is 5.77. The van der Waals surface area contributed by atoms with Crippen LogP contribution in [0.25, 0.3) is 0 Å². The summed E-state index contributed by atoms with van der Waals surface area (Å²) in [5, 5.41) is 11.5. The lowest BCUT2D eigenvalue weighted by Gasteiger charge is -2.16. The maximum Gasteiger partial charge on any atom is 0.317 e. The number of hydrogen-bond donors (Lipinski definition) is 2. The molecule has 1 aliphatic heterocycles. The highest BCUT2D eigenvalue weighted by Crippen LogP contribution is 2.15. The van der Waals surface area contributed by atoms with Crippen molar-refractivity contribution >= 4 is 12.0 Å². The van der Waals surface area contributed by atoms with Crippen LogP contribution in [0.15, 0.2) is 0 Å². The average molecular weight is 200 g/mol. The number of carboxylic acid groups (broad SMARTS) is 1. The predicted molar refractivity (Wildman–Crippen MR) is 51.0 cm³/mol. The lowest BCUT2D eigenvalue weighted by molar-refractivity contribution is -0.141. The topological polar surface area (TPSA) is 69.6 Å². The van der Waals surface area contributed by atoms with E-state index in [4.69, 9.17) is 5.11 Å². The molecule has 1 fully saturated rings. The summed E-state index contributed by atoms with van der Waals surface area (Å²) in [4.78, 5) is 23.6. The van der Waals surface area contributed by atoms with Crippen LogP contribution < -0.4 is 5.32 Å². The van der Waals surface area contributed by atoms with Crippen LogP contribution in [-0.2, 0) is 4.79 Å². The number of likely N-dealkylation sites (tertiary alicyclic amines) is 1. The van der Waals surface area contributed by atoms with Crippen LogP contribution in [0.5, 0.6) is 0 Å². The van der Waals surface area contributed by atoms with Gasteiger partial charge in [-0.3, -0.25) is 4.79 Å². The normalized spacial score (nSPS) is 20.9. The zero-order chi connectivity index (χ0) is 10.6. The molecule has 14 heavy (non-hydrogen) atoms. The van der Waals surface area contributed by atoms with Gasteiger partial charge in [0.1, 0.15) is 0 Å². The molecule has 1 rings (SSSR count). The van der Waals surface area contributed by atoms with Crippen molar-refractivity contribution in [2.45, 2.75) is 19.8 Å². The fourth-order valence-electron chi connectivity index (χ4n) is 1.49. The minimum Gasteiger partial charge on any atom is -0.481 e. The second kappa shape index (κ2) is 4.83. The monoisotopic (exact) mass is 200 g/mol. The molecule has 1 saturated heterocycles. The van der Waals surface area contributed by atoms with Crippen LogP contribution in [0, 0.1) is 5.92 Å². The van der Waals surface area contributed by atoms with Gasteiger partial charge in [0.15, 0.2) is 0 Å². The summed E-state index contributed by atoms with van der Waals surface area (Å²) < 4.78 is 0. The molecule has 0 bridgehead atoms. The van der Waals surface area contributed by atoms with Crippen molar-refractivity contribution in [3.8, 4) is 0 Å². The number of carbonyl (C=O) groups excluding carboxylic acids is 1. The molecule has 5 heteroatoms. The van der Waals surface area contributed by atoms with Gasteiger partial charge in [0.2, 0.25) is 0 Å². The number of rotatable bonds is 3. The van der Waals surface area contributed by atoms with Crippen LogP contribution in [0.4, 0.5) is 4.79 Å². The van der Waals surface area contributed by atoms with Gasteiger partial charge in [-0.15, -0.1) is 0 Å². The van der Waals surface area contributed by atoms with Crippen LogP contribution >= 0.6 is 0 Å². The zero-order valence-corrected chi connectivity index (χ0v) is 8.32. The smallest absolute Gasteiger partial charge is 0.317 e. The number of nitrogens with zero attached hydrogens (tertiary/aromatic N) is 1. The quantitative estimate of drug-likeness (QED) is 0.697. The van der Waals surface area contributed by atoms with Crippen molar-refractivity contribution in [2.75, 3.05) is 19.6 Å². The Hall–Kier alpha value is -1.26. The third-order valence-corrected chi connectivity index (χ3v) is 2.35. The van der Waals surface area contributed by atoms with E-state index >= 15 is 0 Å². The molecule has 1 unspecified atom stereocenters. The van der Waals surface area contributed by atoms with Crippen molar-refractivity contribution in [1.29, 1.82) is 0 Å². The van der Waals surface area contributed by atoms with Gasteiger partial charge in [-0.25, -0.2) is 4.79 Å². The molecule has 0 spiro atoms. The minimum atomic E-state index is -0.809. The number of nitrogens with one attached hydrogen (secondary N) is 1. The molecule has 0 radical (unpaired) electrons. The standard InChI is InChI=1S/C9H16N2O3/c1-2-4-10-9(14)11-5-3-7(6-11)8(12)13/h7H,2-6H2,1H3,(H,10,14)(H,12,13). The Bertz CT molecular complexity index is 230. The third-order valence-electron chi connectivity index (χ3n) is 2.35. The summed E-state index contributed by atoms with van der Waals surface area (Å²) in [6.45, 7) is 3.51. The maximum atomic E-state index is 11.4. The zero-order valence-electron chi connectivity index (χ0n) is 8.32. The van der Waals surface area contributed by atoms with Gasteiger partial charge >= 0.3 is 12.0 Å². The van der Waals surface area contributed by atoms with Gasteiger partial charge in [0, 0.05) is 19.6 Å². The largest absolute Gasteiger partial charge is 0.481 e. The van der Waals surface area contributed by atoms with Gasteiger partial charge in [0.25, 0.3) is 0 Å². The van der Waals surface area contributed by atoms with E-state index < -0.39 is 5.97 Å². The van der Waals surface area contributed by atoms with Gasteiger partial charge in [-0.2, -0.15) is 0 Å². The number of amides is 2. The van der Waals surface area contributed by atoms with Crippen LogP contribution in [-0.4, -0.2) is 41.6 Å². The number of carbonyl (C=O) groups is 2. The van der Waals surface area contributed by atoms with Crippen LogP contribution in [0.2, 0.25) is 0 Å². The Morgan fingerprint density at radius 1 is 1.57 bits per heavy atom. The average Bonchev–Trinajstić information content (AvgIpc) is 2.62. The Labute approximate surface area is 83.1 Å². The Balaban J connectivity index is 2.34. The van der Waals surface area contributed by atoms with Crippen molar-refractivity contribution < 1.29 is 14.7 Å². The lowest BCUT2D eigenvalue weighted by atomic mass is 10.1. The van der Waals surface area contributed by atoms with E-state index in [9.17, 15) is 9.59 Å². The molecule has 0 aromatic rings. The predicted octanol–water partition coefficient (Wildman–Crippen LogP) is 0.513. The van der Waals surface area contributed by atoms with E-state index in [1.54, 1.807) is 4.90 Å². The van der Waals surface area contributed by atoms with Crippen molar-refractivity contribution in [2.24, 2.45) is 5.92 Å². The second-order valence-corrected chi connectivity index (χ2v) is 3.50. The van der Waals surface area contributed by atoms with Gasteiger partial charge in [-0.05, 0) is 12.8 Å². The van der Waals surface area contributed by atoms with Gasteiger partial charge in [0.05, 0.1) is 5.92 Å². The molecule has 5 nitrogen and oxygen atoms in total. The van der Waals surface area contributed by atoms with E-state index in [1.165, 1.54) is 0 Å². The van der Waals surface area contributed by atoms with Gasteiger partial charge < -0.3 is 15.3 Å². The summed E-state index contributed by atoms with van der Waals surface area (Å²) in [6.07, 6.45) is 1.46. The van der Waals surface area contributed by atoms with E-state index in [0.717, 1.165) is 6.42 Å².